The standard InChI is InChI=1S/C20H34N4O6/c1-13(2)17(21-12-25)18(26)22-16(11-14-6-9-30-10-7-14)19(27)24-8-4-5-15(23-24)20(28)29-3/h12-17,23H,4-11H2,1-3H3,(H,21,25)(H,22,26)/t15-,16+,17-/m0/s1. The van der Waals surface area contributed by atoms with E-state index in [4.69, 9.17) is 9.47 Å². The highest BCUT2D eigenvalue weighted by Crippen LogP contribution is 2.22. The highest BCUT2D eigenvalue weighted by Gasteiger charge is 2.35. The van der Waals surface area contributed by atoms with Crippen molar-refractivity contribution in [1.29, 1.82) is 0 Å². The molecule has 0 unspecified atom stereocenters. The molecule has 2 rings (SSSR count). The third kappa shape index (κ3) is 6.66. The number of methoxy groups -OCH3 is 1. The van der Waals surface area contributed by atoms with E-state index in [2.05, 4.69) is 16.1 Å². The molecule has 170 valence electrons. The average molecular weight is 427 g/mol. The van der Waals surface area contributed by atoms with Gasteiger partial charge in [0.2, 0.25) is 12.3 Å². The molecule has 0 aromatic heterocycles. The Balaban J connectivity index is 2.12. The highest BCUT2D eigenvalue weighted by molar-refractivity contribution is 5.90. The van der Waals surface area contributed by atoms with Crippen LogP contribution in [0, 0.1) is 11.8 Å². The van der Waals surface area contributed by atoms with Crippen molar-refractivity contribution in [3.8, 4) is 0 Å². The lowest BCUT2D eigenvalue weighted by Gasteiger charge is -2.36. The van der Waals surface area contributed by atoms with Gasteiger partial charge in [0, 0.05) is 19.8 Å². The minimum atomic E-state index is -0.765. The van der Waals surface area contributed by atoms with Gasteiger partial charge < -0.3 is 20.1 Å². The molecule has 3 N–H and O–H groups in total. The van der Waals surface area contributed by atoms with Crippen LogP contribution in [-0.4, -0.2) is 74.2 Å². The lowest BCUT2D eigenvalue weighted by molar-refractivity contribution is -0.151. The zero-order valence-corrected chi connectivity index (χ0v) is 18.0. The maximum absolute atomic E-state index is 13.3. The third-order valence-electron chi connectivity index (χ3n) is 5.66. The Kier molecular flexibility index (Phi) is 9.51. The average Bonchev–Trinajstić information content (AvgIpc) is 2.76. The predicted octanol–water partition coefficient (Wildman–Crippen LogP) is -0.273. The number of carbonyl (C=O) groups is 4. The number of carbonyl (C=O) groups excluding carboxylic acids is 4. The second kappa shape index (κ2) is 11.8. The molecule has 2 saturated heterocycles. The van der Waals surface area contributed by atoms with Crippen LogP contribution >= 0.6 is 0 Å². The fraction of sp³-hybridized carbons (Fsp3) is 0.800. The van der Waals surface area contributed by atoms with Crippen LogP contribution in [0.25, 0.3) is 0 Å². The lowest BCUT2D eigenvalue weighted by atomic mass is 9.91. The van der Waals surface area contributed by atoms with Crippen molar-refractivity contribution in [1.82, 2.24) is 21.1 Å². The molecule has 0 radical (unpaired) electrons. The second-order valence-corrected chi connectivity index (χ2v) is 8.20. The third-order valence-corrected chi connectivity index (χ3v) is 5.66. The molecule has 2 heterocycles. The van der Waals surface area contributed by atoms with Gasteiger partial charge >= 0.3 is 5.97 Å². The van der Waals surface area contributed by atoms with Crippen molar-refractivity contribution in [3.05, 3.63) is 0 Å². The number of hydrazine groups is 1. The molecule has 0 aromatic carbocycles. The quantitative estimate of drug-likeness (QED) is 0.342. The largest absolute Gasteiger partial charge is 0.468 e. The fourth-order valence-corrected chi connectivity index (χ4v) is 3.89. The van der Waals surface area contributed by atoms with Crippen molar-refractivity contribution in [2.24, 2.45) is 11.8 Å². The van der Waals surface area contributed by atoms with E-state index in [0.29, 0.717) is 45.4 Å². The van der Waals surface area contributed by atoms with E-state index in [9.17, 15) is 19.2 Å². The van der Waals surface area contributed by atoms with Gasteiger partial charge in [-0.1, -0.05) is 13.8 Å². The van der Waals surface area contributed by atoms with Gasteiger partial charge in [-0.25, -0.2) is 5.43 Å². The van der Waals surface area contributed by atoms with Crippen molar-refractivity contribution in [3.63, 3.8) is 0 Å². The minimum absolute atomic E-state index is 0.133. The summed E-state index contributed by atoms with van der Waals surface area (Å²) in [4.78, 5) is 48.9. The molecule has 0 spiro atoms. The Morgan fingerprint density at radius 1 is 1.23 bits per heavy atom. The van der Waals surface area contributed by atoms with Gasteiger partial charge in [0.1, 0.15) is 18.1 Å². The number of rotatable bonds is 9. The molecule has 10 nitrogen and oxygen atoms in total. The highest BCUT2D eigenvalue weighted by atomic mass is 16.5. The Labute approximate surface area is 177 Å². The first-order valence-corrected chi connectivity index (χ1v) is 10.6. The van der Waals surface area contributed by atoms with E-state index >= 15 is 0 Å². The maximum Gasteiger partial charge on any atom is 0.324 e. The Hall–Kier alpha value is -2.20. The van der Waals surface area contributed by atoms with Gasteiger partial charge in [0.15, 0.2) is 0 Å². The van der Waals surface area contributed by atoms with E-state index in [0.717, 1.165) is 12.8 Å². The number of amides is 3. The number of esters is 1. The molecule has 30 heavy (non-hydrogen) atoms. The van der Waals surface area contributed by atoms with E-state index in [-0.39, 0.29) is 17.7 Å². The van der Waals surface area contributed by atoms with Crippen LogP contribution in [0.3, 0.4) is 0 Å². The first kappa shape index (κ1) is 24.1. The zero-order chi connectivity index (χ0) is 22.1. The Bertz CT molecular complexity index is 608. The number of nitrogens with zero attached hydrogens (tertiary/aromatic N) is 1. The molecule has 3 atom stereocenters. The summed E-state index contributed by atoms with van der Waals surface area (Å²) in [5, 5.41) is 6.77. The van der Waals surface area contributed by atoms with Gasteiger partial charge in [0.05, 0.1) is 7.11 Å². The van der Waals surface area contributed by atoms with E-state index in [1.807, 2.05) is 13.8 Å². The monoisotopic (exact) mass is 426 g/mol. The molecule has 2 aliphatic heterocycles. The van der Waals surface area contributed by atoms with Gasteiger partial charge in [-0.15, -0.1) is 0 Å². The molecule has 0 aromatic rings. The summed E-state index contributed by atoms with van der Waals surface area (Å²) in [5.41, 5.74) is 2.93. The fourth-order valence-electron chi connectivity index (χ4n) is 3.89. The molecular weight excluding hydrogens is 392 g/mol. The van der Waals surface area contributed by atoms with Crippen molar-refractivity contribution >= 4 is 24.2 Å². The van der Waals surface area contributed by atoms with Crippen LogP contribution < -0.4 is 16.1 Å². The van der Waals surface area contributed by atoms with Crippen LogP contribution in [-0.2, 0) is 28.7 Å². The second-order valence-electron chi connectivity index (χ2n) is 8.20. The van der Waals surface area contributed by atoms with Gasteiger partial charge in [-0.05, 0) is 43.9 Å². The van der Waals surface area contributed by atoms with Gasteiger partial charge in [-0.3, -0.25) is 24.2 Å². The van der Waals surface area contributed by atoms with Crippen molar-refractivity contribution < 1.29 is 28.7 Å². The Morgan fingerprint density at radius 3 is 2.53 bits per heavy atom. The minimum Gasteiger partial charge on any atom is -0.468 e. The topological polar surface area (TPSA) is 126 Å². The Morgan fingerprint density at radius 2 is 1.93 bits per heavy atom. The van der Waals surface area contributed by atoms with Crippen LogP contribution in [0.4, 0.5) is 0 Å². The molecule has 10 heteroatoms. The first-order valence-electron chi connectivity index (χ1n) is 10.6. The van der Waals surface area contributed by atoms with Crippen LogP contribution in [0.5, 0.6) is 0 Å². The van der Waals surface area contributed by atoms with E-state index in [1.54, 1.807) is 0 Å². The lowest BCUT2D eigenvalue weighted by Crippen LogP contribution is -2.61. The maximum atomic E-state index is 13.3. The number of hydrogen-bond acceptors (Lipinski definition) is 7. The first-order chi connectivity index (χ1) is 14.4. The molecular formula is C20H34N4O6. The predicted molar refractivity (Wildman–Crippen MR) is 108 cm³/mol. The smallest absolute Gasteiger partial charge is 0.324 e. The summed E-state index contributed by atoms with van der Waals surface area (Å²) in [6.07, 6.45) is 3.83. The van der Waals surface area contributed by atoms with Crippen molar-refractivity contribution in [2.75, 3.05) is 26.9 Å². The summed E-state index contributed by atoms with van der Waals surface area (Å²) >= 11 is 0. The van der Waals surface area contributed by atoms with Crippen LogP contribution in [0.15, 0.2) is 0 Å². The molecule has 2 aliphatic rings. The summed E-state index contributed by atoms with van der Waals surface area (Å²) in [6.45, 7) is 5.35. The van der Waals surface area contributed by atoms with Gasteiger partial charge in [0.25, 0.3) is 5.91 Å². The molecule has 3 amide bonds. The summed E-state index contributed by atoms with van der Waals surface area (Å²) in [6, 6.07) is -2.09. The normalized spacial score (nSPS) is 22.1. The zero-order valence-electron chi connectivity index (χ0n) is 18.0. The molecule has 0 bridgehead atoms. The van der Waals surface area contributed by atoms with E-state index in [1.165, 1.54) is 12.1 Å². The van der Waals surface area contributed by atoms with Crippen molar-refractivity contribution in [2.45, 2.75) is 64.1 Å². The van der Waals surface area contributed by atoms with Gasteiger partial charge in [-0.2, -0.15) is 0 Å². The number of nitrogens with one attached hydrogen (secondary N) is 3. The molecule has 0 aliphatic carbocycles. The SMILES string of the molecule is COC(=O)[C@@H]1CCCN(C(=O)[C@@H](CC2CCOCC2)NC(=O)[C@@H](NC=O)C(C)C)N1. The van der Waals surface area contributed by atoms with Crippen LogP contribution in [0.1, 0.15) is 46.0 Å². The summed E-state index contributed by atoms with van der Waals surface area (Å²) in [7, 11) is 1.31. The number of ether oxygens (including phenoxy) is 2. The van der Waals surface area contributed by atoms with E-state index < -0.39 is 30.0 Å². The summed E-state index contributed by atoms with van der Waals surface area (Å²) in [5.74, 6) is -1.01. The summed E-state index contributed by atoms with van der Waals surface area (Å²) < 4.78 is 10.2. The molecule has 0 saturated carbocycles. The molecule has 2 fully saturated rings. The van der Waals surface area contributed by atoms with Crippen LogP contribution in [0.2, 0.25) is 0 Å². The number of hydrogen-bond donors (Lipinski definition) is 3.